The maximum absolute atomic E-state index is 12.7. The number of hydrogen-bond acceptors (Lipinski definition) is 3. The molecule has 5 nitrogen and oxygen atoms in total. The first-order chi connectivity index (χ1) is 12.3. The number of aromatic amines is 1. The summed E-state index contributed by atoms with van der Waals surface area (Å²) in [4.78, 5) is 26.6. The fourth-order valence-corrected chi connectivity index (χ4v) is 3.34. The summed E-state index contributed by atoms with van der Waals surface area (Å²) in [7, 11) is 0. The summed E-state index contributed by atoms with van der Waals surface area (Å²) in [6, 6.07) is 13.8. The van der Waals surface area contributed by atoms with E-state index in [1.54, 1.807) is 12.4 Å². The fourth-order valence-electron chi connectivity index (χ4n) is 3.34. The molecule has 1 saturated heterocycles. The van der Waals surface area contributed by atoms with E-state index in [2.05, 4.69) is 15.0 Å². The number of amides is 1. The number of likely N-dealkylation sites (tertiary alicyclic amines) is 1. The van der Waals surface area contributed by atoms with Gasteiger partial charge in [-0.05, 0) is 25.0 Å². The van der Waals surface area contributed by atoms with Gasteiger partial charge >= 0.3 is 0 Å². The fraction of sp³-hybridized carbons (Fsp3) is 0.250. The maximum atomic E-state index is 12.7. The molecule has 0 atom stereocenters. The molecule has 25 heavy (non-hydrogen) atoms. The van der Waals surface area contributed by atoms with Crippen LogP contribution in [0.3, 0.4) is 0 Å². The zero-order valence-electron chi connectivity index (χ0n) is 13.9. The average Bonchev–Trinajstić information content (AvgIpc) is 3.23. The number of nitrogens with zero attached hydrogens (tertiary/aromatic N) is 3. The van der Waals surface area contributed by atoms with Crippen molar-refractivity contribution < 1.29 is 4.79 Å². The molecular formula is C20H20N4O. The number of hydrogen-bond donors (Lipinski definition) is 1. The van der Waals surface area contributed by atoms with Crippen LogP contribution in [0, 0.1) is 0 Å². The van der Waals surface area contributed by atoms with Gasteiger partial charge in [0.2, 0.25) is 0 Å². The lowest BCUT2D eigenvalue weighted by Gasteiger charge is -2.31. The molecule has 3 heterocycles. The summed E-state index contributed by atoms with van der Waals surface area (Å²) in [5.41, 5.74) is 2.59. The van der Waals surface area contributed by atoms with Crippen LogP contribution in [0.2, 0.25) is 0 Å². The predicted molar refractivity (Wildman–Crippen MR) is 96.1 cm³/mol. The molecule has 0 radical (unpaired) electrons. The van der Waals surface area contributed by atoms with E-state index in [0.717, 1.165) is 43.0 Å². The van der Waals surface area contributed by atoms with Crippen molar-refractivity contribution in [3.8, 4) is 11.3 Å². The van der Waals surface area contributed by atoms with Crippen molar-refractivity contribution in [1.82, 2.24) is 19.9 Å². The molecule has 0 aliphatic carbocycles. The van der Waals surface area contributed by atoms with Gasteiger partial charge in [-0.15, -0.1) is 0 Å². The number of imidazole rings is 1. The number of pyridine rings is 1. The van der Waals surface area contributed by atoms with E-state index in [4.69, 9.17) is 0 Å². The monoisotopic (exact) mass is 332 g/mol. The third-order valence-electron chi connectivity index (χ3n) is 4.77. The molecule has 1 aliphatic heterocycles. The Morgan fingerprint density at radius 1 is 1.04 bits per heavy atom. The third-order valence-corrected chi connectivity index (χ3v) is 4.77. The molecule has 0 unspecified atom stereocenters. The number of carbonyl (C=O) groups is 1. The van der Waals surface area contributed by atoms with Crippen LogP contribution in [0.25, 0.3) is 11.3 Å². The Morgan fingerprint density at radius 3 is 2.48 bits per heavy atom. The first-order valence-electron chi connectivity index (χ1n) is 8.61. The topological polar surface area (TPSA) is 61.9 Å². The lowest BCUT2D eigenvalue weighted by atomic mass is 9.95. The normalized spacial score (nSPS) is 15.3. The van der Waals surface area contributed by atoms with Gasteiger partial charge in [0, 0.05) is 43.2 Å². The van der Waals surface area contributed by atoms with Gasteiger partial charge in [0.05, 0.1) is 11.3 Å². The third kappa shape index (κ3) is 3.31. The Kier molecular flexibility index (Phi) is 4.29. The molecule has 4 rings (SSSR count). The van der Waals surface area contributed by atoms with Crippen LogP contribution in [0.4, 0.5) is 0 Å². The minimum Gasteiger partial charge on any atom is -0.348 e. The van der Waals surface area contributed by atoms with Gasteiger partial charge in [-0.25, -0.2) is 4.98 Å². The largest absolute Gasteiger partial charge is 0.348 e. The van der Waals surface area contributed by atoms with Crippen LogP contribution in [0.5, 0.6) is 0 Å². The molecule has 126 valence electrons. The number of carbonyl (C=O) groups excluding carboxylic acids is 1. The standard InChI is InChI=1S/C20H20N4O/c25-20(24-12-8-16(9-13-24)19-21-10-11-22-19)17-6-7-18(23-14-17)15-4-2-1-3-5-15/h1-7,10-11,14,16H,8-9,12-13H2,(H,21,22). The molecule has 5 heteroatoms. The minimum absolute atomic E-state index is 0.0602. The SMILES string of the molecule is O=C(c1ccc(-c2ccccc2)nc1)N1CCC(c2ncc[nH]2)CC1. The highest BCUT2D eigenvalue weighted by molar-refractivity contribution is 5.94. The van der Waals surface area contributed by atoms with Crippen LogP contribution >= 0.6 is 0 Å². The summed E-state index contributed by atoms with van der Waals surface area (Å²) in [6.07, 6.45) is 7.20. The van der Waals surface area contributed by atoms with Crippen molar-refractivity contribution >= 4 is 5.91 Å². The van der Waals surface area contributed by atoms with E-state index in [1.165, 1.54) is 0 Å². The molecule has 0 spiro atoms. The highest BCUT2D eigenvalue weighted by Gasteiger charge is 2.25. The molecular weight excluding hydrogens is 312 g/mol. The summed E-state index contributed by atoms with van der Waals surface area (Å²) in [5.74, 6) is 1.50. The number of nitrogens with one attached hydrogen (secondary N) is 1. The molecule has 0 bridgehead atoms. The summed E-state index contributed by atoms with van der Waals surface area (Å²) < 4.78 is 0. The average molecular weight is 332 g/mol. The smallest absolute Gasteiger partial charge is 0.255 e. The van der Waals surface area contributed by atoms with E-state index >= 15 is 0 Å². The highest BCUT2D eigenvalue weighted by Crippen LogP contribution is 2.26. The van der Waals surface area contributed by atoms with Crippen molar-refractivity contribution in [3.63, 3.8) is 0 Å². The lowest BCUT2D eigenvalue weighted by Crippen LogP contribution is -2.38. The molecule has 1 amide bonds. The van der Waals surface area contributed by atoms with E-state index in [9.17, 15) is 4.79 Å². The first kappa shape index (κ1) is 15.6. The van der Waals surface area contributed by atoms with E-state index in [0.29, 0.717) is 11.5 Å². The zero-order valence-corrected chi connectivity index (χ0v) is 13.9. The van der Waals surface area contributed by atoms with Crippen molar-refractivity contribution in [2.75, 3.05) is 13.1 Å². The quantitative estimate of drug-likeness (QED) is 0.798. The number of piperidine rings is 1. The Balaban J connectivity index is 1.41. The van der Waals surface area contributed by atoms with Gasteiger partial charge in [-0.1, -0.05) is 30.3 Å². The molecule has 1 aromatic carbocycles. The van der Waals surface area contributed by atoms with Gasteiger partial charge in [0.1, 0.15) is 5.82 Å². The molecule has 1 fully saturated rings. The van der Waals surface area contributed by atoms with E-state index < -0.39 is 0 Å². The minimum atomic E-state index is 0.0602. The Morgan fingerprint density at radius 2 is 1.84 bits per heavy atom. The van der Waals surface area contributed by atoms with Crippen LogP contribution in [0.1, 0.15) is 34.9 Å². The predicted octanol–water partition coefficient (Wildman–Crippen LogP) is 3.49. The molecule has 3 aromatic rings. The van der Waals surface area contributed by atoms with E-state index in [1.807, 2.05) is 53.6 Å². The number of benzene rings is 1. The van der Waals surface area contributed by atoms with Crippen molar-refractivity contribution in [3.05, 3.63) is 72.4 Å². The van der Waals surface area contributed by atoms with E-state index in [-0.39, 0.29) is 5.91 Å². The van der Waals surface area contributed by atoms with Crippen molar-refractivity contribution in [2.45, 2.75) is 18.8 Å². The summed E-state index contributed by atoms with van der Waals surface area (Å²) in [6.45, 7) is 1.51. The molecule has 0 saturated carbocycles. The second-order valence-electron chi connectivity index (χ2n) is 6.34. The number of aromatic nitrogens is 3. The second-order valence-corrected chi connectivity index (χ2v) is 6.34. The van der Waals surface area contributed by atoms with Crippen LogP contribution in [-0.4, -0.2) is 38.8 Å². The van der Waals surface area contributed by atoms with Crippen molar-refractivity contribution in [1.29, 1.82) is 0 Å². The highest BCUT2D eigenvalue weighted by atomic mass is 16.2. The van der Waals surface area contributed by atoms with Crippen molar-refractivity contribution in [2.24, 2.45) is 0 Å². The van der Waals surface area contributed by atoms with Gasteiger partial charge in [0.15, 0.2) is 0 Å². The molecule has 2 aromatic heterocycles. The van der Waals surface area contributed by atoms with Gasteiger partial charge in [-0.3, -0.25) is 9.78 Å². The lowest BCUT2D eigenvalue weighted by molar-refractivity contribution is 0.0711. The van der Waals surface area contributed by atoms with Gasteiger partial charge in [-0.2, -0.15) is 0 Å². The van der Waals surface area contributed by atoms with Crippen LogP contribution in [0.15, 0.2) is 61.1 Å². The first-order valence-corrected chi connectivity index (χ1v) is 8.61. The number of rotatable bonds is 3. The number of H-pyrrole nitrogens is 1. The Bertz CT molecular complexity index is 820. The summed E-state index contributed by atoms with van der Waals surface area (Å²) >= 11 is 0. The Labute approximate surface area is 146 Å². The summed E-state index contributed by atoms with van der Waals surface area (Å²) in [5, 5.41) is 0. The zero-order chi connectivity index (χ0) is 17.1. The van der Waals surface area contributed by atoms with Crippen LogP contribution < -0.4 is 0 Å². The van der Waals surface area contributed by atoms with Gasteiger partial charge in [0.25, 0.3) is 5.91 Å². The maximum Gasteiger partial charge on any atom is 0.255 e. The second kappa shape index (κ2) is 6.89. The molecule has 1 aliphatic rings. The van der Waals surface area contributed by atoms with Gasteiger partial charge < -0.3 is 9.88 Å². The Hall–Kier alpha value is -2.95. The van der Waals surface area contributed by atoms with Crippen LogP contribution in [-0.2, 0) is 0 Å². The molecule has 1 N–H and O–H groups in total.